The van der Waals surface area contributed by atoms with E-state index in [2.05, 4.69) is 11.2 Å². The highest BCUT2D eigenvalue weighted by Gasteiger charge is 2.06. The largest absolute Gasteiger partial charge is 0.492 e. The summed E-state index contributed by atoms with van der Waals surface area (Å²) in [5.74, 6) is 3.85. The topological polar surface area (TPSA) is 64.6 Å². The van der Waals surface area contributed by atoms with E-state index in [1.165, 1.54) is 18.4 Å². The summed E-state index contributed by atoms with van der Waals surface area (Å²) >= 11 is 0. The van der Waals surface area contributed by atoms with Crippen LogP contribution in [-0.2, 0) is 16.4 Å². The third-order valence-electron chi connectivity index (χ3n) is 3.40. The Bertz CT molecular complexity index is 823. The third kappa shape index (κ3) is 6.14. The van der Waals surface area contributed by atoms with E-state index in [4.69, 9.17) is 15.9 Å². The van der Waals surface area contributed by atoms with E-state index in [9.17, 15) is 8.42 Å². The van der Waals surface area contributed by atoms with Gasteiger partial charge in [0.05, 0.1) is 4.90 Å². The van der Waals surface area contributed by atoms with Crippen molar-refractivity contribution in [3.8, 4) is 23.8 Å². The Hall–Kier alpha value is -2.49. The molecule has 2 aromatic rings. The zero-order valence-corrected chi connectivity index (χ0v) is 14.9. The van der Waals surface area contributed by atoms with Crippen molar-refractivity contribution in [1.82, 2.24) is 5.32 Å². The molecule has 0 amide bonds. The molecule has 132 valence electrons. The second-order valence-electron chi connectivity index (χ2n) is 5.37. The Kier molecular flexibility index (Phi) is 6.87. The van der Waals surface area contributed by atoms with Crippen LogP contribution in [0.4, 0.5) is 0 Å². The minimum atomic E-state index is -3.18. The monoisotopic (exact) mass is 359 g/mol. The van der Waals surface area contributed by atoms with Crippen molar-refractivity contribution in [3.05, 3.63) is 54.1 Å². The lowest BCUT2D eigenvalue weighted by molar-refractivity contribution is 0.312. The maximum Gasteiger partial charge on any atom is 0.175 e. The predicted molar refractivity (Wildman–Crippen MR) is 97.5 cm³/mol. The van der Waals surface area contributed by atoms with Gasteiger partial charge in [0.25, 0.3) is 0 Å². The number of sulfone groups is 1. The molecule has 0 spiro atoms. The van der Waals surface area contributed by atoms with Crippen LogP contribution in [0.15, 0.2) is 53.4 Å². The summed E-state index contributed by atoms with van der Waals surface area (Å²) in [6.07, 6.45) is 6.39. The van der Waals surface area contributed by atoms with Gasteiger partial charge in [-0.1, -0.05) is 24.1 Å². The number of ether oxygens (including phenoxy) is 2. The normalized spacial score (nSPS) is 10.9. The average Bonchev–Trinajstić information content (AvgIpc) is 2.60. The number of benzene rings is 2. The van der Waals surface area contributed by atoms with E-state index in [-0.39, 0.29) is 11.5 Å². The van der Waals surface area contributed by atoms with E-state index >= 15 is 0 Å². The molecule has 0 saturated carbocycles. The lowest BCUT2D eigenvalue weighted by Crippen LogP contribution is -2.21. The molecule has 0 bridgehead atoms. The van der Waals surface area contributed by atoms with E-state index in [1.807, 2.05) is 24.3 Å². The maximum absolute atomic E-state index is 11.4. The van der Waals surface area contributed by atoms with Gasteiger partial charge in [0, 0.05) is 24.9 Å². The first-order valence-electron chi connectivity index (χ1n) is 7.78. The number of terminal acetylenes is 1. The molecule has 0 atom stereocenters. The molecular formula is C19H21NO4S. The van der Waals surface area contributed by atoms with Gasteiger partial charge < -0.3 is 14.8 Å². The molecule has 2 rings (SSSR count). The molecule has 5 nitrogen and oxygen atoms in total. The van der Waals surface area contributed by atoms with Crippen LogP contribution in [0.1, 0.15) is 5.56 Å². The SMILES string of the molecule is C#CCOc1ccccc1CNCCOc1ccc(S(C)(=O)=O)cc1. The number of para-hydroxylation sites is 1. The lowest BCUT2D eigenvalue weighted by atomic mass is 10.2. The number of hydrogen-bond donors (Lipinski definition) is 1. The zero-order valence-electron chi connectivity index (χ0n) is 14.1. The average molecular weight is 359 g/mol. The molecule has 1 N–H and O–H groups in total. The number of hydrogen-bond acceptors (Lipinski definition) is 5. The minimum absolute atomic E-state index is 0.240. The molecule has 0 aliphatic rings. The summed E-state index contributed by atoms with van der Waals surface area (Å²) in [4.78, 5) is 0.279. The molecule has 0 aromatic heterocycles. The van der Waals surface area contributed by atoms with Gasteiger partial charge in [-0.25, -0.2) is 8.42 Å². The standard InChI is InChI=1S/C19H21NO4S/c1-3-13-24-19-7-5-4-6-16(19)15-20-12-14-23-17-8-10-18(11-9-17)25(2,21)22/h1,4-11,20H,12-15H2,2H3. The van der Waals surface area contributed by atoms with Crippen molar-refractivity contribution < 1.29 is 17.9 Å². The van der Waals surface area contributed by atoms with Crippen LogP contribution in [0.3, 0.4) is 0 Å². The minimum Gasteiger partial charge on any atom is -0.492 e. The third-order valence-corrected chi connectivity index (χ3v) is 4.53. The van der Waals surface area contributed by atoms with Crippen LogP contribution < -0.4 is 14.8 Å². The second-order valence-corrected chi connectivity index (χ2v) is 7.39. The molecule has 0 aliphatic heterocycles. The van der Waals surface area contributed by atoms with Crippen molar-refractivity contribution in [2.24, 2.45) is 0 Å². The van der Waals surface area contributed by atoms with Crippen molar-refractivity contribution in [2.45, 2.75) is 11.4 Å². The fourth-order valence-electron chi connectivity index (χ4n) is 2.16. The number of nitrogens with one attached hydrogen (secondary N) is 1. The Morgan fingerprint density at radius 2 is 1.80 bits per heavy atom. The Balaban J connectivity index is 1.76. The van der Waals surface area contributed by atoms with Crippen LogP contribution in [0.5, 0.6) is 11.5 Å². The van der Waals surface area contributed by atoms with Crippen LogP contribution in [-0.4, -0.2) is 34.4 Å². The van der Waals surface area contributed by atoms with Crippen molar-refractivity contribution >= 4 is 9.84 Å². The van der Waals surface area contributed by atoms with Gasteiger partial charge in [0.2, 0.25) is 0 Å². The first-order chi connectivity index (χ1) is 12.0. The van der Waals surface area contributed by atoms with Gasteiger partial charge in [-0.3, -0.25) is 0 Å². The maximum atomic E-state index is 11.4. The van der Waals surface area contributed by atoms with Crippen LogP contribution in [0.2, 0.25) is 0 Å². The quantitative estimate of drug-likeness (QED) is 0.550. The Morgan fingerprint density at radius 3 is 2.48 bits per heavy atom. The highest BCUT2D eigenvalue weighted by Crippen LogP contribution is 2.18. The van der Waals surface area contributed by atoms with Crippen molar-refractivity contribution in [1.29, 1.82) is 0 Å². The van der Waals surface area contributed by atoms with Crippen LogP contribution in [0, 0.1) is 12.3 Å². The fourth-order valence-corrected chi connectivity index (χ4v) is 2.79. The summed E-state index contributed by atoms with van der Waals surface area (Å²) in [5.41, 5.74) is 1.02. The van der Waals surface area contributed by atoms with Gasteiger partial charge >= 0.3 is 0 Å². The van der Waals surface area contributed by atoms with Gasteiger partial charge in [-0.15, -0.1) is 6.42 Å². The molecule has 25 heavy (non-hydrogen) atoms. The molecule has 0 unspecified atom stereocenters. The molecule has 6 heteroatoms. The van der Waals surface area contributed by atoms with Crippen LogP contribution in [0.25, 0.3) is 0 Å². The molecule has 0 saturated heterocycles. The zero-order chi connectivity index (χ0) is 18.1. The summed E-state index contributed by atoms with van der Waals surface area (Å²) in [7, 11) is -3.18. The number of rotatable bonds is 9. The summed E-state index contributed by atoms with van der Waals surface area (Å²) in [6, 6.07) is 14.1. The fraction of sp³-hybridized carbons (Fsp3) is 0.263. The second kappa shape index (κ2) is 9.11. The first kappa shape index (κ1) is 18.8. The Labute approximate surface area is 148 Å². The molecule has 0 radical (unpaired) electrons. The summed E-state index contributed by atoms with van der Waals surface area (Å²) in [6.45, 7) is 1.98. The van der Waals surface area contributed by atoms with E-state index in [1.54, 1.807) is 12.1 Å². The molecule has 2 aromatic carbocycles. The predicted octanol–water partition coefficient (Wildman–Crippen LogP) is 2.27. The van der Waals surface area contributed by atoms with Gasteiger partial charge in [-0.2, -0.15) is 0 Å². The van der Waals surface area contributed by atoms with Crippen LogP contribution >= 0.6 is 0 Å². The molecule has 0 fully saturated rings. The van der Waals surface area contributed by atoms with E-state index < -0.39 is 9.84 Å². The summed E-state index contributed by atoms with van der Waals surface area (Å²) < 4.78 is 33.9. The first-order valence-corrected chi connectivity index (χ1v) is 9.67. The molecule has 0 heterocycles. The Morgan fingerprint density at radius 1 is 1.08 bits per heavy atom. The van der Waals surface area contributed by atoms with E-state index in [0.717, 1.165) is 11.3 Å². The van der Waals surface area contributed by atoms with Gasteiger partial charge in [0.1, 0.15) is 24.7 Å². The highest BCUT2D eigenvalue weighted by molar-refractivity contribution is 7.90. The van der Waals surface area contributed by atoms with Crippen molar-refractivity contribution in [3.63, 3.8) is 0 Å². The summed E-state index contributed by atoms with van der Waals surface area (Å²) in [5, 5.41) is 3.27. The van der Waals surface area contributed by atoms with E-state index in [0.29, 0.717) is 25.4 Å². The molecule has 0 aliphatic carbocycles. The lowest BCUT2D eigenvalue weighted by Gasteiger charge is -2.11. The molecular weight excluding hydrogens is 338 g/mol. The highest BCUT2D eigenvalue weighted by atomic mass is 32.2. The van der Waals surface area contributed by atoms with Gasteiger partial charge in [-0.05, 0) is 30.3 Å². The van der Waals surface area contributed by atoms with Crippen molar-refractivity contribution in [2.75, 3.05) is 26.0 Å². The smallest absolute Gasteiger partial charge is 0.175 e. The van der Waals surface area contributed by atoms with Gasteiger partial charge in [0.15, 0.2) is 9.84 Å².